The Morgan fingerprint density at radius 1 is 1.00 bits per heavy atom. The smallest absolute Gasteiger partial charge is 0.0294 e. The van der Waals surface area contributed by atoms with Crippen molar-refractivity contribution in [3.05, 3.63) is 34.9 Å². The molecule has 3 unspecified atom stereocenters. The average molecular weight is 259 g/mol. The van der Waals surface area contributed by atoms with Gasteiger partial charge in [0.1, 0.15) is 0 Å². The molecule has 3 atom stereocenters. The Morgan fingerprint density at radius 3 is 2.21 bits per heavy atom. The molecule has 0 spiro atoms. The van der Waals surface area contributed by atoms with Gasteiger partial charge in [-0.1, -0.05) is 32.0 Å². The Morgan fingerprint density at radius 2 is 1.63 bits per heavy atom. The van der Waals surface area contributed by atoms with Crippen LogP contribution >= 0.6 is 0 Å². The van der Waals surface area contributed by atoms with Gasteiger partial charge in [0, 0.05) is 12.1 Å². The first-order valence-corrected chi connectivity index (χ1v) is 7.79. The number of rotatable bonds is 3. The van der Waals surface area contributed by atoms with Gasteiger partial charge in [0.15, 0.2) is 0 Å². The molecule has 1 aromatic carbocycles. The van der Waals surface area contributed by atoms with Gasteiger partial charge in [-0.3, -0.25) is 0 Å². The fraction of sp³-hybridized carbons (Fsp3) is 0.667. The van der Waals surface area contributed by atoms with E-state index in [-0.39, 0.29) is 0 Å². The second kappa shape index (κ2) is 6.09. The van der Waals surface area contributed by atoms with Crippen LogP contribution < -0.4 is 5.32 Å². The number of nitrogens with one attached hydrogen (secondary N) is 1. The second-order valence-electron chi connectivity index (χ2n) is 6.85. The van der Waals surface area contributed by atoms with Crippen LogP contribution in [0.15, 0.2) is 18.2 Å². The monoisotopic (exact) mass is 259 g/mol. The lowest BCUT2D eigenvalue weighted by molar-refractivity contribution is 0.228. The van der Waals surface area contributed by atoms with Crippen molar-refractivity contribution in [2.24, 2.45) is 11.8 Å². The fourth-order valence-electron chi connectivity index (χ4n) is 3.57. The van der Waals surface area contributed by atoms with E-state index >= 15 is 0 Å². The van der Waals surface area contributed by atoms with E-state index in [1.807, 2.05) is 0 Å². The van der Waals surface area contributed by atoms with Gasteiger partial charge in [-0.05, 0) is 68.6 Å². The molecule has 0 radical (unpaired) electrons. The molecule has 106 valence electrons. The lowest BCUT2D eigenvalue weighted by Gasteiger charge is -2.34. The first kappa shape index (κ1) is 14.6. The van der Waals surface area contributed by atoms with Crippen molar-refractivity contribution in [2.75, 3.05) is 0 Å². The molecule has 1 aliphatic rings. The summed E-state index contributed by atoms with van der Waals surface area (Å²) in [6.45, 7) is 11.5. The first-order chi connectivity index (χ1) is 8.95. The zero-order chi connectivity index (χ0) is 14.0. The lowest BCUT2D eigenvalue weighted by atomic mass is 9.80. The fourth-order valence-corrected chi connectivity index (χ4v) is 3.57. The summed E-state index contributed by atoms with van der Waals surface area (Å²) < 4.78 is 0. The van der Waals surface area contributed by atoms with Crippen LogP contribution in [-0.2, 0) is 0 Å². The van der Waals surface area contributed by atoms with Gasteiger partial charge < -0.3 is 5.32 Å². The molecule has 1 fully saturated rings. The third-order valence-corrected chi connectivity index (χ3v) is 4.70. The predicted molar refractivity (Wildman–Crippen MR) is 83.4 cm³/mol. The molecule has 0 heterocycles. The van der Waals surface area contributed by atoms with Gasteiger partial charge >= 0.3 is 0 Å². The minimum atomic E-state index is 0.460. The molecule has 0 aliphatic heterocycles. The summed E-state index contributed by atoms with van der Waals surface area (Å²) in [5, 5.41) is 3.84. The quantitative estimate of drug-likeness (QED) is 0.824. The van der Waals surface area contributed by atoms with Crippen molar-refractivity contribution < 1.29 is 0 Å². The second-order valence-corrected chi connectivity index (χ2v) is 6.85. The summed E-state index contributed by atoms with van der Waals surface area (Å²) in [5.74, 6) is 1.74. The molecule has 0 aromatic heterocycles. The van der Waals surface area contributed by atoms with Crippen LogP contribution in [0.2, 0.25) is 0 Å². The van der Waals surface area contributed by atoms with E-state index in [1.165, 1.54) is 36.0 Å². The van der Waals surface area contributed by atoms with E-state index in [1.54, 1.807) is 0 Å². The maximum absolute atomic E-state index is 3.84. The largest absolute Gasteiger partial charge is 0.307 e. The van der Waals surface area contributed by atoms with Crippen molar-refractivity contribution >= 4 is 0 Å². The maximum atomic E-state index is 3.84. The van der Waals surface area contributed by atoms with Crippen molar-refractivity contribution in [3.63, 3.8) is 0 Å². The normalized spacial score (nSPS) is 29.2. The molecule has 1 heteroatoms. The predicted octanol–water partition coefficient (Wildman–Crippen LogP) is 4.78. The summed E-state index contributed by atoms with van der Waals surface area (Å²) in [4.78, 5) is 0. The Bertz CT molecular complexity index is 414. The molecular weight excluding hydrogens is 230 g/mol. The molecule has 1 aliphatic carbocycles. The van der Waals surface area contributed by atoms with Crippen LogP contribution in [0, 0.1) is 25.7 Å². The zero-order valence-corrected chi connectivity index (χ0v) is 13.2. The van der Waals surface area contributed by atoms with Gasteiger partial charge in [-0.2, -0.15) is 0 Å². The minimum absolute atomic E-state index is 0.460. The highest BCUT2D eigenvalue weighted by Crippen LogP contribution is 2.30. The third-order valence-electron chi connectivity index (χ3n) is 4.70. The molecule has 0 bridgehead atoms. The van der Waals surface area contributed by atoms with E-state index < -0.39 is 0 Å². The van der Waals surface area contributed by atoms with Gasteiger partial charge in [0.2, 0.25) is 0 Å². The molecule has 1 N–H and O–H groups in total. The van der Waals surface area contributed by atoms with Gasteiger partial charge in [-0.25, -0.2) is 0 Å². The van der Waals surface area contributed by atoms with Gasteiger partial charge in [0.25, 0.3) is 0 Å². The molecular formula is C18H29N. The number of benzene rings is 1. The van der Waals surface area contributed by atoms with Gasteiger partial charge in [-0.15, -0.1) is 0 Å². The SMILES string of the molecule is Cc1ccc(C(C)NC2CC(C)CC(C)C2)cc1C. The first-order valence-electron chi connectivity index (χ1n) is 7.79. The molecule has 1 saturated carbocycles. The van der Waals surface area contributed by atoms with Crippen molar-refractivity contribution in [1.29, 1.82) is 0 Å². The Balaban J connectivity index is 2.00. The van der Waals surface area contributed by atoms with Crippen molar-refractivity contribution in [2.45, 2.75) is 66.0 Å². The van der Waals surface area contributed by atoms with E-state index in [2.05, 4.69) is 58.1 Å². The Kier molecular flexibility index (Phi) is 4.67. The lowest BCUT2D eigenvalue weighted by Crippen LogP contribution is -2.37. The van der Waals surface area contributed by atoms with Crippen LogP contribution in [0.1, 0.15) is 62.8 Å². The third kappa shape index (κ3) is 3.82. The topological polar surface area (TPSA) is 12.0 Å². The average Bonchev–Trinajstić information content (AvgIpc) is 2.31. The summed E-state index contributed by atoms with van der Waals surface area (Å²) in [5.41, 5.74) is 4.21. The van der Waals surface area contributed by atoms with Crippen LogP contribution in [0.5, 0.6) is 0 Å². The highest BCUT2D eigenvalue weighted by molar-refractivity contribution is 5.31. The van der Waals surface area contributed by atoms with Crippen LogP contribution in [0.3, 0.4) is 0 Å². The number of aryl methyl sites for hydroxylation is 2. The summed E-state index contributed by atoms with van der Waals surface area (Å²) in [7, 11) is 0. The molecule has 0 saturated heterocycles. The summed E-state index contributed by atoms with van der Waals surface area (Å²) >= 11 is 0. The number of hydrogen-bond acceptors (Lipinski definition) is 1. The molecule has 2 rings (SSSR count). The standard InChI is InChI=1S/C18H29N/c1-12-8-13(2)10-18(9-12)19-16(5)17-7-6-14(3)15(4)11-17/h6-7,11-13,16,18-19H,8-10H2,1-5H3. The maximum Gasteiger partial charge on any atom is 0.0294 e. The summed E-state index contributed by atoms with van der Waals surface area (Å²) in [6, 6.07) is 8.00. The van der Waals surface area contributed by atoms with E-state index in [0.717, 1.165) is 11.8 Å². The molecule has 1 nitrogen and oxygen atoms in total. The number of hydrogen-bond donors (Lipinski definition) is 1. The van der Waals surface area contributed by atoms with Crippen molar-refractivity contribution in [3.8, 4) is 0 Å². The van der Waals surface area contributed by atoms with Crippen LogP contribution in [0.4, 0.5) is 0 Å². The van der Waals surface area contributed by atoms with Crippen LogP contribution in [-0.4, -0.2) is 6.04 Å². The van der Waals surface area contributed by atoms with E-state index in [0.29, 0.717) is 12.1 Å². The van der Waals surface area contributed by atoms with Crippen molar-refractivity contribution in [1.82, 2.24) is 5.32 Å². The van der Waals surface area contributed by atoms with E-state index in [4.69, 9.17) is 0 Å². The zero-order valence-electron chi connectivity index (χ0n) is 13.2. The van der Waals surface area contributed by atoms with Crippen LogP contribution in [0.25, 0.3) is 0 Å². The Hall–Kier alpha value is -0.820. The molecule has 0 amide bonds. The molecule has 1 aromatic rings. The van der Waals surface area contributed by atoms with Gasteiger partial charge in [0.05, 0.1) is 0 Å². The highest BCUT2D eigenvalue weighted by atomic mass is 14.9. The Labute approximate surface area is 118 Å². The summed E-state index contributed by atoms with van der Waals surface area (Å²) in [6.07, 6.45) is 4.06. The van der Waals surface area contributed by atoms with E-state index in [9.17, 15) is 0 Å². The minimum Gasteiger partial charge on any atom is -0.307 e. The highest BCUT2D eigenvalue weighted by Gasteiger charge is 2.24. The molecule has 19 heavy (non-hydrogen) atoms.